The van der Waals surface area contributed by atoms with E-state index in [4.69, 9.17) is 4.74 Å². The molecule has 0 radical (unpaired) electrons. The molecule has 1 aromatic carbocycles. The molecule has 1 unspecified atom stereocenters. The van der Waals surface area contributed by atoms with Gasteiger partial charge in [0, 0.05) is 6.61 Å². The quantitative estimate of drug-likeness (QED) is 0.583. The first-order chi connectivity index (χ1) is 10.2. The number of hydrogen-bond donors (Lipinski definition) is 1. The molecule has 2 nitrogen and oxygen atoms in total. The van der Waals surface area contributed by atoms with Crippen molar-refractivity contribution in [3.63, 3.8) is 0 Å². The normalized spacial score (nSPS) is 12.6. The number of benzene rings is 1. The number of hydrogen-bond acceptors (Lipinski definition) is 2. The second-order valence-corrected chi connectivity index (χ2v) is 6.04. The SMILES string of the molecule is CCCCCCCCOCC(NC)c1ccc(C)cc1C. The summed E-state index contributed by atoms with van der Waals surface area (Å²) in [5.41, 5.74) is 4.02. The molecule has 1 aromatic rings. The van der Waals surface area contributed by atoms with Crippen LogP contribution >= 0.6 is 0 Å². The van der Waals surface area contributed by atoms with Crippen LogP contribution in [0.25, 0.3) is 0 Å². The second kappa shape index (κ2) is 10.8. The van der Waals surface area contributed by atoms with Crippen molar-refractivity contribution in [2.45, 2.75) is 65.3 Å². The molecule has 1 N–H and O–H groups in total. The van der Waals surface area contributed by atoms with Crippen molar-refractivity contribution in [3.05, 3.63) is 34.9 Å². The van der Waals surface area contributed by atoms with E-state index < -0.39 is 0 Å². The van der Waals surface area contributed by atoms with Crippen molar-refractivity contribution in [3.8, 4) is 0 Å². The number of unbranched alkanes of at least 4 members (excludes halogenated alkanes) is 5. The summed E-state index contributed by atoms with van der Waals surface area (Å²) in [6.45, 7) is 8.22. The molecule has 0 fully saturated rings. The number of ether oxygens (including phenoxy) is 1. The molecule has 0 aliphatic heterocycles. The molecule has 0 saturated carbocycles. The lowest BCUT2D eigenvalue weighted by molar-refractivity contribution is 0.109. The van der Waals surface area contributed by atoms with Gasteiger partial charge in [0.05, 0.1) is 12.6 Å². The topological polar surface area (TPSA) is 21.3 Å². The van der Waals surface area contributed by atoms with Gasteiger partial charge in [0.2, 0.25) is 0 Å². The van der Waals surface area contributed by atoms with Gasteiger partial charge in [0.1, 0.15) is 0 Å². The lowest BCUT2D eigenvalue weighted by Crippen LogP contribution is -2.23. The van der Waals surface area contributed by atoms with E-state index in [0.29, 0.717) is 6.04 Å². The Labute approximate surface area is 131 Å². The maximum absolute atomic E-state index is 5.87. The highest BCUT2D eigenvalue weighted by Crippen LogP contribution is 2.19. The minimum absolute atomic E-state index is 0.297. The number of rotatable bonds is 11. The Morgan fingerprint density at radius 3 is 2.43 bits per heavy atom. The summed E-state index contributed by atoms with van der Waals surface area (Å²) in [6, 6.07) is 6.94. The van der Waals surface area contributed by atoms with Crippen LogP contribution in [0.3, 0.4) is 0 Å². The van der Waals surface area contributed by atoms with E-state index in [0.717, 1.165) is 13.2 Å². The van der Waals surface area contributed by atoms with Crippen LogP contribution in [0.2, 0.25) is 0 Å². The van der Waals surface area contributed by atoms with E-state index in [1.807, 2.05) is 7.05 Å². The van der Waals surface area contributed by atoms with Gasteiger partial charge in [-0.1, -0.05) is 62.8 Å². The molecule has 1 atom stereocenters. The molecule has 0 bridgehead atoms. The lowest BCUT2D eigenvalue weighted by atomic mass is 10.00. The van der Waals surface area contributed by atoms with Gasteiger partial charge < -0.3 is 10.1 Å². The van der Waals surface area contributed by atoms with Gasteiger partial charge in [-0.25, -0.2) is 0 Å². The van der Waals surface area contributed by atoms with Gasteiger partial charge >= 0.3 is 0 Å². The fourth-order valence-corrected chi connectivity index (χ4v) is 2.73. The third-order valence-corrected chi connectivity index (χ3v) is 4.08. The number of likely N-dealkylation sites (N-methyl/N-ethyl adjacent to an activating group) is 1. The fraction of sp³-hybridized carbons (Fsp3) is 0.684. The van der Waals surface area contributed by atoms with Crippen molar-refractivity contribution in [2.24, 2.45) is 0 Å². The Morgan fingerprint density at radius 1 is 1.05 bits per heavy atom. The molecular formula is C19H33NO. The van der Waals surface area contributed by atoms with Crippen LogP contribution in [0.1, 0.15) is 68.2 Å². The van der Waals surface area contributed by atoms with Crippen LogP contribution < -0.4 is 5.32 Å². The van der Waals surface area contributed by atoms with E-state index in [9.17, 15) is 0 Å². The molecule has 0 spiro atoms. The van der Waals surface area contributed by atoms with E-state index >= 15 is 0 Å². The molecule has 0 heterocycles. The zero-order valence-corrected chi connectivity index (χ0v) is 14.4. The summed E-state index contributed by atoms with van der Waals surface area (Å²) in [4.78, 5) is 0. The average molecular weight is 291 g/mol. The summed E-state index contributed by atoms with van der Waals surface area (Å²) < 4.78 is 5.87. The molecule has 2 heteroatoms. The van der Waals surface area contributed by atoms with Crippen LogP contribution in [-0.4, -0.2) is 20.3 Å². The molecule has 0 aliphatic rings. The first-order valence-corrected chi connectivity index (χ1v) is 8.51. The van der Waals surface area contributed by atoms with Crippen LogP contribution in [0, 0.1) is 13.8 Å². The highest BCUT2D eigenvalue weighted by Gasteiger charge is 2.11. The van der Waals surface area contributed by atoms with Gasteiger partial charge in [-0.05, 0) is 38.4 Å². The van der Waals surface area contributed by atoms with Gasteiger partial charge in [0.25, 0.3) is 0 Å². The molecule has 120 valence electrons. The van der Waals surface area contributed by atoms with Crippen LogP contribution in [-0.2, 0) is 4.74 Å². The van der Waals surface area contributed by atoms with Crippen molar-refractivity contribution >= 4 is 0 Å². The molecular weight excluding hydrogens is 258 g/mol. The zero-order valence-electron chi connectivity index (χ0n) is 14.4. The average Bonchev–Trinajstić information content (AvgIpc) is 2.47. The zero-order chi connectivity index (χ0) is 15.5. The Balaban J connectivity index is 2.25. The Kier molecular flexibility index (Phi) is 9.36. The molecule has 21 heavy (non-hydrogen) atoms. The predicted octanol–water partition coefficient (Wildman–Crippen LogP) is 4.94. The van der Waals surface area contributed by atoms with Gasteiger partial charge in [0.15, 0.2) is 0 Å². The van der Waals surface area contributed by atoms with Crippen molar-refractivity contribution in [2.75, 3.05) is 20.3 Å². The molecule has 0 aliphatic carbocycles. The van der Waals surface area contributed by atoms with E-state index in [-0.39, 0.29) is 0 Å². The van der Waals surface area contributed by atoms with Crippen molar-refractivity contribution < 1.29 is 4.74 Å². The maximum Gasteiger partial charge on any atom is 0.0661 e. The van der Waals surface area contributed by atoms with Gasteiger partial charge in [-0.3, -0.25) is 0 Å². The fourth-order valence-electron chi connectivity index (χ4n) is 2.73. The summed E-state index contributed by atoms with van der Waals surface area (Å²) in [7, 11) is 2.01. The summed E-state index contributed by atoms with van der Waals surface area (Å²) in [6.07, 6.45) is 7.90. The highest BCUT2D eigenvalue weighted by molar-refractivity contribution is 5.32. The van der Waals surface area contributed by atoms with E-state index in [1.54, 1.807) is 0 Å². The second-order valence-electron chi connectivity index (χ2n) is 6.04. The summed E-state index contributed by atoms with van der Waals surface area (Å²) >= 11 is 0. The smallest absolute Gasteiger partial charge is 0.0661 e. The first kappa shape index (κ1) is 18.2. The lowest BCUT2D eigenvalue weighted by Gasteiger charge is -2.19. The van der Waals surface area contributed by atoms with Crippen LogP contribution in [0.15, 0.2) is 18.2 Å². The molecule has 0 amide bonds. The minimum Gasteiger partial charge on any atom is -0.379 e. The Hall–Kier alpha value is -0.860. The van der Waals surface area contributed by atoms with Crippen LogP contribution in [0.4, 0.5) is 0 Å². The largest absolute Gasteiger partial charge is 0.379 e. The number of nitrogens with one attached hydrogen (secondary N) is 1. The van der Waals surface area contributed by atoms with Crippen LogP contribution in [0.5, 0.6) is 0 Å². The minimum atomic E-state index is 0.297. The van der Waals surface area contributed by atoms with Crippen molar-refractivity contribution in [1.82, 2.24) is 5.32 Å². The van der Waals surface area contributed by atoms with Gasteiger partial charge in [-0.2, -0.15) is 0 Å². The molecule has 1 rings (SSSR count). The van der Waals surface area contributed by atoms with E-state index in [2.05, 4.69) is 44.3 Å². The monoisotopic (exact) mass is 291 g/mol. The van der Waals surface area contributed by atoms with Gasteiger partial charge in [-0.15, -0.1) is 0 Å². The first-order valence-electron chi connectivity index (χ1n) is 8.51. The Bertz CT molecular complexity index is 389. The van der Waals surface area contributed by atoms with E-state index in [1.165, 1.54) is 55.2 Å². The number of aryl methyl sites for hydroxylation is 2. The standard InChI is InChI=1S/C19H33NO/c1-5-6-7-8-9-10-13-21-15-19(20-4)18-12-11-16(2)14-17(18)3/h11-12,14,19-20H,5-10,13,15H2,1-4H3. The molecule has 0 saturated heterocycles. The third kappa shape index (κ3) is 7.10. The third-order valence-electron chi connectivity index (χ3n) is 4.08. The summed E-state index contributed by atoms with van der Waals surface area (Å²) in [5.74, 6) is 0. The molecule has 0 aromatic heterocycles. The summed E-state index contributed by atoms with van der Waals surface area (Å²) in [5, 5.41) is 3.37. The van der Waals surface area contributed by atoms with Crippen molar-refractivity contribution in [1.29, 1.82) is 0 Å². The Morgan fingerprint density at radius 2 is 1.76 bits per heavy atom. The predicted molar refractivity (Wildman–Crippen MR) is 91.9 cm³/mol. The highest BCUT2D eigenvalue weighted by atomic mass is 16.5. The maximum atomic E-state index is 5.87.